The molecule has 0 unspecified atom stereocenters. The van der Waals surface area contributed by atoms with Gasteiger partial charge < -0.3 is 20.1 Å². The second-order valence-electron chi connectivity index (χ2n) is 9.08. The van der Waals surface area contributed by atoms with Crippen LogP contribution < -0.4 is 15.0 Å². The van der Waals surface area contributed by atoms with Gasteiger partial charge in [0.05, 0.1) is 12.5 Å². The number of fused-ring (bicyclic) bond motifs is 1. The van der Waals surface area contributed by atoms with E-state index in [2.05, 4.69) is 43.9 Å². The van der Waals surface area contributed by atoms with Crippen LogP contribution in [0.15, 0.2) is 36.7 Å². The highest BCUT2D eigenvalue weighted by Gasteiger charge is 2.31. The molecule has 2 N–H and O–H groups in total. The first-order valence-electron chi connectivity index (χ1n) is 11.8. The highest BCUT2D eigenvalue weighted by molar-refractivity contribution is 5.90. The number of aliphatic hydroxyl groups is 1. The van der Waals surface area contributed by atoms with Crippen LogP contribution in [0.3, 0.4) is 0 Å². The van der Waals surface area contributed by atoms with E-state index in [9.17, 15) is 8.78 Å². The minimum absolute atomic E-state index is 0.229. The number of hydrogen-bond donors (Lipinski definition) is 2. The summed E-state index contributed by atoms with van der Waals surface area (Å²) in [5.41, 5.74) is 1.77. The fourth-order valence-corrected chi connectivity index (χ4v) is 4.35. The number of rotatable bonds is 8. The van der Waals surface area contributed by atoms with E-state index >= 15 is 0 Å². The molecule has 0 bridgehead atoms. The number of piperazine rings is 1. The van der Waals surface area contributed by atoms with Crippen LogP contribution in [-0.2, 0) is 5.92 Å². The van der Waals surface area contributed by atoms with Crippen molar-refractivity contribution >= 4 is 22.5 Å². The van der Waals surface area contributed by atoms with E-state index in [0.29, 0.717) is 29.0 Å². The lowest BCUT2D eigenvalue weighted by molar-refractivity contribution is -0.0556. The van der Waals surface area contributed by atoms with Crippen molar-refractivity contribution in [3.8, 4) is 5.88 Å². The van der Waals surface area contributed by atoms with Gasteiger partial charge in [0.1, 0.15) is 24.4 Å². The van der Waals surface area contributed by atoms with E-state index < -0.39 is 12.5 Å². The Kier molecular flexibility index (Phi) is 7.32. The van der Waals surface area contributed by atoms with Crippen molar-refractivity contribution < 1.29 is 18.6 Å². The van der Waals surface area contributed by atoms with Crippen LogP contribution in [0.1, 0.15) is 37.9 Å². The van der Waals surface area contributed by atoms with E-state index in [1.165, 1.54) is 18.5 Å². The molecule has 3 aromatic rings. The predicted molar refractivity (Wildman–Crippen MR) is 132 cm³/mol. The number of aliphatic hydroxyl groups excluding tert-OH is 1. The molecule has 3 heterocycles. The standard InChI is InChI=1S/C25H32F2N6O2/c1-16(2)32-8-10-33(11-9-32)21-13-20-22(28-15-29-23(20)31-24(21)35-4)30-17(3)18-6-5-7-19(12-18)25(26,27)14-34/h5-7,12-13,15-17,34H,8-11,14H2,1-4H3,(H,28,29,30,31)/t17-/m1/s1. The summed E-state index contributed by atoms with van der Waals surface area (Å²) in [5.74, 6) is -2.24. The molecule has 2 aromatic heterocycles. The summed E-state index contributed by atoms with van der Waals surface area (Å²) in [6.07, 6.45) is 1.42. The Balaban J connectivity index is 1.64. The minimum atomic E-state index is -3.30. The zero-order chi connectivity index (χ0) is 25.2. The van der Waals surface area contributed by atoms with Crippen LogP contribution in [0.2, 0.25) is 0 Å². The number of nitrogens with one attached hydrogen (secondary N) is 1. The minimum Gasteiger partial charge on any atom is -0.479 e. The SMILES string of the molecule is COc1nc2ncnc(N[C@H](C)c3cccc(C(F)(F)CO)c3)c2cc1N1CCN(C(C)C)CC1. The molecule has 1 fully saturated rings. The maximum absolute atomic E-state index is 14.0. The van der Waals surface area contributed by atoms with E-state index in [1.54, 1.807) is 19.2 Å². The van der Waals surface area contributed by atoms with Crippen molar-refractivity contribution in [1.82, 2.24) is 19.9 Å². The topological polar surface area (TPSA) is 86.6 Å². The molecular weight excluding hydrogens is 454 g/mol. The maximum Gasteiger partial charge on any atom is 0.295 e. The van der Waals surface area contributed by atoms with Crippen molar-refractivity contribution in [2.75, 3.05) is 50.1 Å². The van der Waals surface area contributed by atoms with Crippen LogP contribution in [0.5, 0.6) is 5.88 Å². The predicted octanol–water partition coefficient (Wildman–Crippen LogP) is 3.82. The van der Waals surface area contributed by atoms with Gasteiger partial charge >= 0.3 is 0 Å². The van der Waals surface area contributed by atoms with Gasteiger partial charge in [-0.1, -0.05) is 18.2 Å². The van der Waals surface area contributed by atoms with Gasteiger partial charge in [-0.15, -0.1) is 0 Å². The molecule has 1 saturated heterocycles. The number of aromatic nitrogens is 3. The highest BCUT2D eigenvalue weighted by Crippen LogP contribution is 2.34. The van der Waals surface area contributed by atoms with Gasteiger partial charge in [-0.3, -0.25) is 4.90 Å². The van der Waals surface area contributed by atoms with Crippen LogP contribution in [0.4, 0.5) is 20.3 Å². The number of halogens is 2. The summed E-state index contributed by atoms with van der Waals surface area (Å²) in [6, 6.07) is 8.19. The molecule has 0 saturated carbocycles. The number of benzene rings is 1. The number of alkyl halides is 2. The number of hydrogen-bond acceptors (Lipinski definition) is 8. The maximum atomic E-state index is 14.0. The monoisotopic (exact) mass is 486 g/mol. The van der Waals surface area contributed by atoms with Gasteiger partial charge in [0.15, 0.2) is 5.65 Å². The second kappa shape index (κ2) is 10.2. The lowest BCUT2D eigenvalue weighted by atomic mass is 10.0. The average Bonchev–Trinajstić information content (AvgIpc) is 2.88. The molecule has 0 amide bonds. The molecule has 0 spiro atoms. The third kappa shape index (κ3) is 5.28. The Labute approximate surface area is 204 Å². The van der Waals surface area contributed by atoms with Crippen LogP contribution in [-0.4, -0.2) is 70.9 Å². The van der Waals surface area contributed by atoms with Crippen LogP contribution in [0.25, 0.3) is 11.0 Å². The van der Waals surface area contributed by atoms with Gasteiger partial charge in [-0.25, -0.2) is 9.97 Å². The normalized spacial score (nSPS) is 16.1. The number of methoxy groups -OCH3 is 1. The number of nitrogens with zero attached hydrogens (tertiary/aromatic N) is 5. The second-order valence-corrected chi connectivity index (χ2v) is 9.08. The Hall–Kier alpha value is -3.11. The molecule has 1 aromatic carbocycles. The number of anilines is 2. The first-order valence-corrected chi connectivity index (χ1v) is 11.8. The summed E-state index contributed by atoms with van der Waals surface area (Å²) in [4.78, 5) is 18.0. The quantitative estimate of drug-likeness (QED) is 0.497. The van der Waals surface area contributed by atoms with Gasteiger partial charge in [0.25, 0.3) is 5.92 Å². The molecule has 0 radical (unpaired) electrons. The van der Waals surface area contributed by atoms with Gasteiger partial charge in [-0.2, -0.15) is 13.8 Å². The average molecular weight is 487 g/mol. The summed E-state index contributed by atoms with van der Waals surface area (Å²) in [7, 11) is 1.60. The first kappa shape index (κ1) is 25.0. The Morgan fingerprint density at radius 2 is 1.86 bits per heavy atom. The summed E-state index contributed by atoms with van der Waals surface area (Å²) < 4.78 is 33.6. The molecule has 0 aliphatic carbocycles. The van der Waals surface area contributed by atoms with Crippen molar-refractivity contribution in [2.24, 2.45) is 0 Å². The lowest BCUT2D eigenvalue weighted by Gasteiger charge is -2.38. The van der Waals surface area contributed by atoms with E-state index in [-0.39, 0.29) is 11.6 Å². The smallest absolute Gasteiger partial charge is 0.295 e. The van der Waals surface area contributed by atoms with Crippen LogP contribution >= 0.6 is 0 Å². The third-order valence-corrected chi connectivity index (χ3v) is 6.51. The Morgan fingerprint density at radius 1 is 1.11 bits per heavy atom. The van der Waals surface area contributed by atoms with Gasteiger partial charge in [0, 0.05) is 43.8 Å². The Bertz CT molecular complexity index is 1170. The highest BCUT2D eigenvalue weighted by atomic mass is 19.3. The van der Waals surface area contributed by atoms with E-state index in [4.69, 9.17) is 9.84 Å². The number of pyridine rings is 1. The zero-order valence-electron chi connectivity index (χ0n) is 20.5. The summed E-state index contributed by atoms with van der Waals surface area (Å²) >= 11 is 0. The molecule has 8 nitrogen and oxygen atoms in total. The zero-order valence-corrected chi connectivity index (χ0v) is 20.5. The molecule has 1 aliphatic heterocycles. The molecule has 4 rings (SSSR count). The molecular formula is C25H32F2N6O2. The summed E-state index contributed by atoms with van der Waals surface area (Å²) in [6.45, 7) is 8.61. The third-order valence-electron chi connectivity index (χ3n) is 6.51. The number of ether oxygens (including phenoxy) is 1. The fraction of sp³-hybridized carbons (Fsp3) is 0.480. The molecule has 1 aliphatic rings. The summed E-state index contributed by atoms with van der Waals surface area (Å²) in [5, 5.41) is 13.1. The fourth-order valence-electron chi connectivity index (χ4n) is 4.35. The lowest BCUT2D eigenvalue weighted by Crippen LogP contribution is -2.49. The van der Waals surface area contributed by atoms with Crippen molar-refractivity contribution in [3.05, 3.63) is 47.8 Å². The molecule has 1 atom stereocenters. The molecule has 35 heavy (non-hydrogen) atoms. The van der Waals surface area contributed by atoms with Crippen molar-refractivity contribution in [2.45, 2.75) is 38.8 Å². The van der Waals surface area contributed by atoms with Crippen LogP contribution in [0, 0.1) is 0 Å². The van der Waals surface area contributed by atoms with Crippen molar-refractivity contribution in [3.63, 3.8) is 0 Å². The Morgan fingerprint density at radius 3 is 2.51 bits per heavy atom. The van der Waals surface area contributed by atoms with Gasteiger partial charge in [0.2, 0.25) is 5.88 Å². The van der Waals surface area contributed by atoms with E-state index in [0.717, 1.165) is 37.3 Å². The first-order chi connectivity index (χ1) is 16.7. The molecule has 188 valence electrons. The van der Waals surface area contributed by atoms with Crippen molar-refractivity contribution in [1.29, 1.82) is 0 Å². The van der Waals surface area contributed by atoms with Gasteiger partial charge in [-0.05, 0) is 38.5 Å². The van der Waals surface area contributed by atoms with E-state index in [1.807, 2.05) is 13.0 Å². The molecule has 10 heteroatoms. The largest absolute Gasteiger partial charge is 0.479 e.